The number of carbonyl (C=O) groups excluding carboxylic acids is 1. The van der Waals surface area contributed by atoms with Gasteiger partial charge in [0.1, 0.15) is 5.69 Å². The molecular weight excluding hydrogens is 298 g/mol. The summed E-state index contributed by atoms with van der Waals surface area (Å²) in [5.41, 5.74) is 1.62. The minimum atomic E-state index is -0.410. The summed E-state index contributed by atoms with van der Waals surface area (Å²) in [6.45, 7) is 0.548. The predicted octanol–water partition coefficient (Wildman–Crippen LogP) is -0.365. The van der Waals surface area contributed by atoms with Gasteiger partial charge in [-0.1, -0.05) is 0 Å². The molecule has 1 aliphatic carbocycles. The zero-order valence-corrected chi connectivity index (χ0v) is 12.5. The fraction of sp³-hybridized carbons (Fsp3) is 0.400. The number of aromatic nitrogens is 4. The maximum atomic E-state index is 12.0. The Hall–Kier alpha value is -2.77. The lowest BCUT2D eigenvalue weighted by molar-refractivity contribution is 0.0945. The highest BCUT2D eigenvalue weighted by Gasteiger charge is 2.13. The third kappa shape index (κ3) is 3.53. The molecule has 0 unspecified atom stereocenters. The quantitative estimate of drug-likeness (QED) is 0.800. The van der Waals surface area contributed by atoms with E-state index in [-0.39, 0.29) is 23.4 Å². The maximum Gasteiger partial charge on any atom is 0.271 e. The summed E-state index contributed by atoms with van der Waals surface area (Å²) in [6.07, 6.45) is 3.99. The van der Waals surface area contributed by atoms with Crippen molar-refractivity contribution in [2.24, 2.45) is 0 Å². The van der Waals surface area contributed by atoms with Crippen molar-refractivity contribution >= 4 is 5.91 Å². The molecule has 0 spiro atoms. The summed E-state index contributed by atoms with van der Waals surface area (Å²) in [5, 5.41) is 12.9. The summed E-state index contributed by atoms with van der Waals surface area (Å²) >= 11 is 0. The lowest BCUT2D eigenvalue weighted by atomic mass is 9.97. The first-order chi connectivity index (χ1) is 11.1. The molecule has 0 radical (unpaired) electrons. The predicted molar refractivity (Wildman–Crippen MR) is 82.3 cm³/mol. The van der Waals surface area contributed by atoms with E-state index in [1.54, 1.807) is 6.07 Å². The molecule has 8 heteroatoms. The second-order valence-electron chi connectivity index (χ2n) is 5.45. The number of fused-ring (bicyclic) bond motifs is 1. The van der Waals surface area contributed by atoms with Gasteiger partial charge in [-0.2, -0.15) is 10.2 Å². The van der Waals surface area contributed by atoms with E-state index in [1.165, 1.54) is 16.8 Å². The second kappa shape index (κ2) is 6.55. The lowest BCUT2D eigenvalue weighted by Gasteiger charge is -2.15. The minimum absolute atomic E-state index is 0.121. The summed E-state index contributed by atoms with van der Waals surface area (Å²) in [6, 6.07) is 4.22. The van der Waals surface area contributed by atoms with E-state index in [4.69, 9.17) is 0 Å². The molecule has 0 aliphatic heterocycles. The van der Waals surface area contributed by atoms with Gasteiger partial charge >= 0.3 is 0 Å². The van der Waals surface area contributed by atoms with Crippen LogP contribution in [0.5, 0.6) is 0 Å². The van der Waals surface area contributed by atoms with Crippen LogP contribution in [0.25, 0.3) is 0 Å². The molecule has 2 aromatic rings. The number of nitrogens with one attached hydrogen (secondary N) is 2. The number of rotatable bonds is 4. The average molecular weight is 315 g/mol. The molecule has 0 bridgehead atoms. The van der Waals surface area contributed by atoms with Crippen molar-refractivity contribution in [2.75, 3.05) is 6.54 Å². The zero-order chi connectivity index (χ0) is 16.2. The van der Waals surface area contributed by atoms with E-state index >= 15 is 0 Å². The van der Waals surface area contributed by atoms with E-state index in [2.05, 4.69) is 20.6 Å². The van der Waals surface area contributed by atoms with Gasteiger partial charge in [-0.3, -0.25) is 14.4 Å². The number of carbonyl (C=O) groups is 1. The van der Waals surface area contributed by atoms with Crippen LogP contribution in [0.2, 0.25) is 0 Å². The Bertz CT molecular complexity index is 819. The molecule has 2 aromatic heterocycles. The van der Waals surface area contributed by atoms with Gasteiger partial charge in [0.25, 0.3) is 17.0 Å². The third-order valence-corrected chi connectivity index (χ3v) is 3.79. The number of hydrogen-bond donors (Lipinski definition) is 2. The fourth-order valence-electron chi connectivity index (χ4n) is 2.60. The van der Waals surface area contributed by atoms with Gasteiger partial charge in [-0.05, 0) is 37.3 Å². The van der Waals surface area contributed by atoms with Gasteiger partial charge in [-0.25, -0.2) is 9.78 Å². The second-order valence-corrected chi connectivity index (χ2v) is 5.45. The molecule has 0 saturated heterocycles. The lowest BCUT2D eigenvalue weighted by Crippen LogP contribution is -2.33. The molecule has 0 saturated carbocycles. The smallest absolute Gasteiger partial charge is 0.271 e. The standard InChI is InChI=1S/C15H17N5O3/c21-13-6-5-12(17-18-13)15(23)16-7-8-20-14(22)9-10-3-1-2-4-11(10)19-20/h5-6,9H,1-4,7-8H2,(H,16,23)(H,18,21). The Balaban J connectivity index is 1.62. The van der Waals surface area contributed by atoms with Crippen molar-refractivity contribution in [3.05, 3.63) is 55.9 Å². The van der Waals surface area contributed by atoms with Crippen LogP contribution in [0.3, 0.4) is 0 Å². The minimum Gasteiger partial charge on any atom is -0.349 e. The van der Waals surface area contributed by atoms with Crippen LogP contribution in [0, 0.1) is 0 Å². The topological polar surface area (TPSA) is 110 Å². The molecule has 0 aromatic carbocycles. The average Bonchev–Trinajstić information content (AvgIpc) is 2.56. The Labute approximate surface area is 131 Å². The van der Waals surface area contributed by atoms with Gasteiger partial charge in [0, 0.05) is 18.7 Å². The number of aryl methyl sites for hydroxylation is 2. The normalized spacial score (nSPS) is 13.4. The van der Waals surface area contributed by atoms with Gasteiger partial charge in [0.05, 0.1) is 12.2 Å². The third-order valence-electron chi connectivity index (χ3n) is 3.79. The fourth-order valence-corrected chi connectivity index (χ4v) is 2.60. The summed E-state index contributed by atoms with van der Waals surface area (Å²) in [5.74, 6) is -0.410. The number of nitrogens with zero attached hydrogens (tertiary/aromatic N) is 3. The van der Waals surface area contributed by atoms with Crippen LogP contribution >= 0.6 is 0 Å². The van der Waals surface area contributed by atoms with E-state index in [0.29, 0.717) is 6.54 Å². The van der Waals surface area contributed by atoms with E-state index < -0.39 is 5.91 Å². The van der Waals surface area contributed by atoms with Gasteiger partial charge in [-0.15, -0.1) is 0 Å². The molecule has 1 amide bonds. The highest BCUT2D eigenvalue weighted by molar-refractivity contribution is 5.91. The highest BCUT2D eigenvalue weighted by atomic mass is 16.2. The zero-order valence-electron chi connectivity index (χ0n) is 12.5. The van der Waals surface area contributed by atoms with E-state index in [9.17, 15) is 14.4 Å². The van der Waals surface area contributed by atoms with Crippen LogP contribution < -0.4 is 16.4 Å². The number of aromatic amines is 1. The van der Waals surface area contributed by atoms with Crippen LogP contribution in [0.1, 0.15) is 34.6 Å². The molecule has 1 aliphatic rings. The van der Waals surface area contributed by atoms with Crippen LogP contribution in [0.15, 0.2) is 27.8 Å². The summed E-state index contributed by atoms with van der Waals surface area (Å²) in [7, 11) is 0. The number of amides is 1. The number of hydrogen-bond acceptors (Lipinski definition) is 5. The molecule has 8 nitrogen and oxygen atoms in total. The van der Waals surface area contributed by atoms with E-state index in [0.717, 1.165) is 36.9 Å². The van der Waals surface area contributed by atoms with Crippen molar-refractivity contribution in [1.82, 2.24) is 25.3 Å². The molecule has 3 rings (SSSR count). The Kier molecular flexibility index (Phi) is 4.31. The van der Waals surface area contributed by atoms with Crippen molar-refractivity contribution in [3.8, 4) is 0 Å². The van der Waals surface area contributed by atoms with Gasteiger partial charge in [0.15, 0.2) is 0 Å². The largest absolute Gasteiger partial charge is 0.349 e. The first-order valence-electron chi connectivity index (χ1n) is 7.57. The van der Waals surface area contributed by atoms with Crippen molar-refractivity contribution in [3.63, 3.8) is 0 Å². The van der Waals surface area contributed by atoms with Crippen molar-refractivity contribution in [2.45, 2.75) is 32.2 Å². The monoisotopic (exact) mass is 315 g/mol. The molecule has 23 heavy (non-hydrogen) atoms. The SMILES string of the molecule is O=C(NCCn1nc2c(cc1=O)CCCC2)c1ccc(=O)[nH]n1. The van der Waals surface area contributed by atoms with E-state index in [1.807, 2.05) is 0 Å². The molecule has 2 heterocycles. The Morgan fingerprint density at radius 1 is 1.26 bits per heavy atom. The summed E-state index contributed by atoms with van der Waals surface area (Å²) in [4.78, 5) is 34.8. The van der Waals surface area contributed by atoms with Crippen LogP contribution in [-0.2, 0) is 19.4 Å². The van der Waals surface area contributed by atoms with Gasteiger partial charge < -0.3 is 5.32 Å². The Morgan fingerprint density at radius 3 is 2.87 bits per heavy atom. The first-order valence-corrected chi connectivity index (χ1v) is 7.57. The van der Waals surface area contributed by atoms with Crippen LogP contribution in [0.4, 0.5) is 0 Å². The summed E-state index contributed by atoms with van der Waals surface area (Å²) < 4.78 is 1.38. The molecule has 120 valence electrons. The van der Waals surface area contributed by atoms with Crippen molar-refractivity contribution < 1.29 is 4.79 Å². The van der Waals surface area contributed by atoms with Gasteiger partial charge in [0.2, 0.25) is 0 Å². The highest BCUT2D eigenvalue weighted by Crippen LogP contribution is 2.16. The maximum absolute atomic E-state index is 12.0. The molecule has 0 atom stereocenters. The van der Waals surface area contributed by atoms with Crippen molar-refractivity contribution in [1.29, 1.82) is 0 Å². The number of H-pyrrole nitrogens is 1. The molecular formula is C15H17N5O3. The van der Waals surface area contributed by atoms with Crippen LogP contribution in [-0.4, -0.2) is 32.4 Å². The first kappa shape index (κ1) is 15.1. The molecule has 2 N–H and O–H groups in total. The Morgan fingerprint density at radius 2 is 2.09 bits per heavy atom. The molecule has 0 fully saturated rings.